The van der Waals surface area contributed by atoms with Gasteiger partial charge < -0.3 is 69.8 Å². The Kier molecular flexibility index (Phi) is 23.2. The van der Waals surface area contributed by atoms with Crippen molar-refractivity contribution in [2.24, 2.45) is 22.5 Å². The van der Waals surface area contributed by atoms with E-state index < -0.39 is 150 Å². The van der Waals surface area contributed by atoms with Crippen LogP contribution in [0.5, 0.6) is 0 Å². The average molecular weight is 1240 g/mol. The van der Waals surface area contributed by atoms with Gasteiger partial charge in [0.05, 0.1) is 36.2 Å². The van der Waals surface area contributed by atoms with Gasteiger partial charge in [-0.1, -0.05) is 87.0 Å². The second kappa shape index (κ2) is 30.1. The average Bonchev–Trinajstić information content (AvgIpc) is 0.672. The summed E-state index contributed by atoms with van der Waals surface area (Å²) in [6.07, 6.45) is -7.97. The second-order valence-electron chi connectivity index (χ2n) is 23.6. The number of carbonyl (C=O) groups excluding carboxylic acids is 10. The zero-order valence-corrected chi connectivity index (χ0v) is 51.3. The summed E-state index contributed by atoms with van der Waals surface area (Å²) in [6, 6.07) is 21.1. The van der Waals surface area contributed by atoms with E-state index in [1.54, 1.807) is 73.7 Å². The number of fused-ring (bicyclic) bond motifs is 5. The van der Waals surface area contributed by atoms with Crippen molar-refractivity contribution >= 4 is 59.3 Å². The molecule has 24 nitrogen and oxygen atoms in total. The van der Waals surface area contributed by atoms with Crippen LogP contribution in [-0.2, 0) is 76.3 Å². The molecule has 1 aliphatic heterocycles. The molecular weight excluding hydrogens is 1160 g/mol. The molecule has 0 spiro atoms. The molecule has 0 radical (unpaired) electrons. The lowest BCUT2D eigenvalue weighted by atomic mass is 9.44. The molecule has 2 saturated carbocycles. The van der Waals surface area contributed by atoms with Crippen LogP contribution in [0.15, 0.2) is 102 Å². The maximum absolute atomic E-state index is 15.9. The highest BCUT2D eigenvalue weighted by Crippen LogP contribution is 2.64. The number of hydrogen-bond donors (Lipinski definition) is 6. The molecule has 89 heavy (non-hydrogen) atoms. The molecule has 2 bridgehead atoms. The maximum atomic E-state index is 15.9. The van der Waals surface area contributed by atoms with Gasteiger partial charge in [0.15, 0.2) is 17.5 Å². The summed E-state index contributed by atoms with van der Waals surface area (Å²) < 4.78 is 47.5. The maximum Gasteiger partial charge on any atom is 0.350 e. The molecule has 3 aromatic carbocycles. The fraction of sp³-hybridized carbons (Fsp3) is 0.538. The number of ketones is 1. The summed E-state index contributed by atoms with van der Waals surface area (Å²) in [6.45, 7) is 8.48. The van der Waals surface area contributed by atoms with E-state index in [-0.39, 0.29) is 72.8 Å². The molecule has 3 amide bonds. The zero-order valence-electron chi connectivity index (χ0n) is 51.3. The van der Waals surface area contributed by atoms with Gasteiger partial charge in [-0.25, -0.2) is 19.2 Å². The van der Waals surface area contributed by atoms with Gasteiger partial charge in [0.25, 0.3) is 5.91 Å². The lowest BCUT2D eigenvalue weighted by molar-refractivity contribution is -0.346. The normalized spacial score (nSPS) is 25.8. The number of aliphatic hydroxyl groups is 2. The number of benzene rings is 3. The molecule has 0 aromatic heterocycles. The molecule has 7 N–H and O–H groups in total. The molecule has 12 atom stereocenters. The number of aliphatic hydroxyl groups excluding tert-OH is 1. The number of carbonyl (C=O) groups is 10. The highest BCUT2D eigenvalue weighted by molar-refractivity contribution is 5.97. The van der Waals surface area contributed by atoms with Gasteiger partial charge in [0, 0.05) is 50.6 Å². The van der Waals surface area contributed by atoms with Crippen LogP contribution in [0.2, 0.25) is 0 Å². The predicted octanol–water partition coefficient (Wildman–Crippen LogP) is 4.16. The Morgan fingerprint density at radius 3 is 2.02 bits per heavy atom. The number of nitrogens with two attached hydrogens (primary N) is 1. The first-order chi connectivity index (χ1) is 42.3. The fourth-order valence-corrected chi connectivity index (χ4v) is 12.8. The lowest BCUT2D eigenvalue weighted by Gasteiger charge is -2.67. The number of unbranched alkanes of at least 4 members (excludes halogenated alkanes) is 3. The molecule has 4 aliphatic rings. The summed E-state index contributed by atoms with van der Waals surface area (Å²) in [5, 5.41) is 34.5. The molecule has 0 unspecified atom stereocenters. The topological polar surface area (TPSA) is 347 Å². The van der Waals surface area contributed by atoms with Crippen LogP contribution in [0, 0.1) is 16.7 Å². The summed E-state index contributed by atoms with van der Waals surface area (Å²) in [5.41, 5.74) is -2.46. The van der Waals surface area contributed by atoms with Gasteiger partial charge in [-0.15, -0.1) is 0 Å². The summed E-state index contributed by atoms with van der Waals surface area (Å²) in [4.78, 5) is 139. The number of esters is 6. The second-order valence-corrected chi connectivity index (χ2v) is 23.6. The van der Waals surface area contributed by atoms with Crippen molar-refractivity contribution in [2.45, 2.75) is 166 Å². The number of amides is 3. The van der Waals surface area contributed by atoms with Crippen LogP contribution < -0.4 is 21.7 Å². The standard InChI is InChI=1S/C65H82N4O20/c1-8-83-60(79)44(68-48(73)30-19-12-21-31-66)29-20-22-32-67-49(74)35-82-36-50(75)87-54(52(41-23-13-9-14-24-41)69-58(77)42-25-15-10-16-26-42)61(80)86-45-34-65(81)57(88-59(78)43-27-17-11-18-28-43)55-63(7,46(72)33-47-64(55,37-84-47)89-40(4)71)56(76)53(85-39(3)70)51(38(45)2)62(65,5)6/h9-11,13-18,23-28,44-47,52-55,57,72,81H,8,12,19-22,29-37,66H2,1-7H3,(H,67,74)(H,68,73)(H,69,77)/t44-,45-,46-,47+,52-,53+,54+,55-,57-,63+,64-,65+/m0/s1. The molecule has 24 heteroatoms. The van der Waals surface area contributed by atoms with Gasteiger partial charge >= 0.3 is 35.8 Å². The molecule has 3 aromatic rings. The summed E-state index contributed by atoms with van der Waals surface area (Å²) in [7, 11) is 0. The Balaban J connectivity index is 1.20. The van der Waals surface area contributed by atoms with Crippen LogP contribution >= 0.6 is 0 Å². The van der Waals surface area contributed by atoms with Crippen LogP contribution in [-0.4, -0.2) is 163 Å². The van der Waals surface area contributed by atoms with Gasteiger partial charge in [0.2, 0.25) is 17.9 Å². The summed E-state index contributed by atoms with van der Waals surface area (Å²) >= 11 is 0. The Morgan fingerprint density at radius 2 is 1.42 bits per heavy atom. The number of hydrogen-bond acceptors (Lipinski definition) is 21. The third-order valence-electron chi connectivity index (χ3n) is 17.4. The van der Waals surface area contributed by atoms with E-state index in [2.05, 4.69) is 16.0 Å². The quantitative estimate of drug-likeness (QED) is 0.0257. The Bertz CT molecular complexity index is 3090. The monoisotopic (exact) mass is 1240 g/mol. The number of ether oxygens (including phenoxy) is 8. The number of Topliss-reactive ketones (excluding diaryl/α,β-unsaturated/α-hetero) is 1. The van der Waals surface area contributed by atoms with Crippen molar-refractivity contribution in [2.75, 3.05) is 39.5 Å². The van der Waals surface area contributed by atoms with E-state index in [9.17, 15) is 48.6 Å². The van der Waals surface area contributed by atoms with Crippen molar-refractivity contribution < 1.29 is 96.1 Å². The molecule has 3 aliphatic carbocycles. The first-order valence-corrected chi connectivity index (χ1v) is 30.1. The molecular formula is C65H82N4O20. The molecule has 3 fully saturated rings. The Hall–Kier alpha value is -7.90. The minimum atomic E-state index is -2.54. The van der Waals surface area contributed by atoms with Crippen LogP contribution in [0.1, 0.15) is 139 Å². The molecule has 1 heterocycles. The van der Waals surface area contributed by atoms with Gasteiger partial charge in [-0.2, -0.15) is 0 Å². The van der Waals surface area contributed by atoms with Crippen molar-refractivity contribution in [1.29, 1.82) is 0 Å². The van der Waals surface area contributed by atoms with Crippen molar-refractivity contribution in [3.63, 3.8) is 0 Å². The molecule has 7 rings (SSSR count). The van der Waals surface area contributed by atoms with Crippen LogP contribution in [0.4, 0.5) is 0 Å². The van der Waals surface area contributed by atoms with Crippen molar-refractivity contribution in [3.8, 4) is 0 Å². The number of nitrogens with one attached hydrogen (secondary N) is 3. The van der Waals surface area contributed by atoms with Gasteiger partial charge in [-0.3, -0.25) is 28.8 Å². The predicted molar refractivity (Wildman–Crippen MR) is 315 cm³/mol. The first kappa shape index (κ1) is 68.6. The SMILES string of the molecule is CCOC(=O)[C@H](CCCCNC(=O)COCC(=O)O[C@@H](C(=O)O[C@H]1C[C@@]2(O)[C@@H](OC(=O)c3ccccc3)[C@@H]3[C@]4(OC(C)=O)CO[C@@H]4C[C@H](O)[C@@]3(C)C(=O)[C@H](OC(C)=O)C(=C1C)C2(C)C)[C@@H](NC(=O)c1ccccc1)c1ccccc1)NC(=O)CCCCCN. The van der Waals surface area contributed by atoms with Gasteiger partial charge in [-0.05, 0) is 100 Å². The van der Waals surface area contributed by atoms with E-state index in [1.165, 1.54) is 52.0 Å². The highest BCUT2D eigenvalue weighted by atomic mass is 16.6. The van der Waals surface area contributed by atoms with Crippen molar-refractivity contribution in [3.05, 3.63) is 119 Å². The third-order valence-corrected chi connectivity index (χ3v) is 17.4. The van der Waals surface area contributed by atoms with Crippen LogP contribution in [0.25, 0.3) is 0 Å². The van der Waals surface area contributed by atoms with Crippen LogP contribution in [0.3, 0.4) is 0 Å². The minimum Gasteiger partial charge on any atom is -0.464 e. The van der Waals surface area contributed by atoms with E-state index in [1.807, 2.05) is 0 Å². The zero-order chi connectivity index (χ0) is 64.8. The lowest BCUT2D eigenvalue weighted by Crippen LogP contribution is -2.82. The molecule has 1 saturated heterocycles. The van der Waals surface area contributed by atoms with E-state index >= 15 is 9.59 Å². The highest BCUT2D eigenvalue weighted by Gasteiger charge is 2.78. The third kappa shape index (κ3) is 15.4. The smallest absolute Gasteiger partial charge is 0.350 e. The van der Waals surface area contributed by atoms with Gasteiger partial charge in [0.1, 0.15) is 49.2 Å². The Morgan fingerprint density at radius 1 is 0.764 bits per heavy atom. The minimum absolute atomic E-state index is 0.00731. The largest absolute Gasteiger partial charge is 0.464 e. The Labute approximate surface area is 516 Å². The first-order valence-electron chi connectivity index (χ1n) is 30.1. The van der Waals surface area contributed by atoms with E-state index in [0.29, 0.717) is 25.8 Å². The molecule has 482 valence electrons. The van der Waals surface area contributed by atoms with E-state index in [0.717, 1.165) is 26.7 Å². The summed E-state index contributed by atoms with van der Waals surface area (Å²) in [5.74, 6) is -10.2. The van der Waals surface area contributed by atoms with Crippen molar-refractivity contribution in [1.82, 2.24) is 16.0 Å². The fourth-order valence-electron chi connectivity index (χ4n) is 12.8. The van der Waals surface area contributed by atoms with E-state index in [4.69, 9.17) is 43.6 Å². The number of rotatable bonds is 28.